The Kier molecular flexibility index (Phi) is 5.20. The SMILES string of the molecule is CN(CC(C)(C)C)CC1(C(=O)O)CCCCCC1. The van der Waals surface area contributed by atoms with Crippen molar-refractivity contribution in [2.75, 3.05) is 20.1 Å². The van der Waals surface area contributed by atoms with Crippen LogP contribution in [0.3, 0.4) is 0 Å². The zero-order valence-electron chi connectivity index (χ0n) is 12.5. The highest BCUT2D eigenvalue weighted by Gasteiger charge is 2.39. The zero-order chi connectivity index (χ0) is 13.8. The summed E-state index contributed by atoms with van der Waals surface area (Å²) in [6.45, 7) is 8.24. The molecule has 18 heavy (non-hydrogen) atoms. The summed E-state index contributed by atoms with van der Waals surface area (Å²) in [4.78, 5) is 13.9. The minimum atomic E-state index is -0.592. The lowest BCUT2D eigenvalue weighted by Gasteiger charge is -2.35. The van der Waals surface area contributed by atoms with Gasteiger partial charge in [-0.3, -0.25) is 4.79 Å². The van der Waals surface area contributed by atoms with E-state index in [9.17, 15) is 9.90 Å². The van der Waals surface area contributed by atoms with Crippen molar-refractivity contribution in [1.29, 1.82) is 0 Å². The van der Waals surface area contributed by atoms with Gasteiger partial charge >= 0.3 is 5.97 Å². The van der Waals surface area contributed by atoms with E-state index < -0.39 is 11.4 Å². The minimum absolute atomic E-state index is 0.221. The van der Waals surface area contributed by atoms with Crippen LogP contribution < -0.4 is 0 Å². The highest BCUT2D eigenvalue weighted by atomic mass is 16.4. The fourth-order valence-corrected chi connectivity index (χ4v) is 3.23. The largest absolute Gasteiger partial charge is 0.481 e. The molecule has 1 saturated carbocycles. The molecule has 0 aliphatic heterocycles. The van der Waals surface area contributed by atoms with Crippen molar-refractivity contribution in [2.24, 2.45) is 10.8 Å². The van der Waals surface area contributed by atoms with Crippen LogP contribution in [0.2, 0.25) is 0 Å². The summed E-state index contributed by atoms with van der Waals surface area (Å²) in [6, 6.07) is 0. The number of hydrogen-bond donors (Lipinski definition) is 1. The van der Waals surface area contributed by atoms with E-state index in [0.717, 1.165) is 32.2 Å². The van der Waals surface area contributed by atoms with Gasteiger partial charge in [-0.05, 0) is 25.3 Å². The molecule has 0 aromatic heterocycles. The summed E-state index contributed by atoms with van der Waals surface area (Å²) >= 11 is 0. The third-order valence-electron chi connectivity index (χ3n) is 3.83. The maximum absolute atomic E-state index is 11.7. The van der Waals surface area contributed by atoms with Crippen LogP contribution in [-0.4, -0.2) is 36.1 Å². The van der Waals surface area contributed by atoms with Crippen LogP contribution in [0.1, 0.15) is 59.3 Å². The molecule has 0 aromatic carbocycles. The van der Waals surface area contributed by atoms with Crippen LogP contribution in [0.5, 0.6) is 0 Å². The van der Waals surface area contributed by atoms with Crippen LogP contribution >= 0.6 is 0 Å². The molecule has 0 heterocycles. The maximum atomic E-state index is 11.7. The van der Waals surface area contributed by atoms with E-state index in [0.29, 0.717) is 6.54 Å². The lowest BCUT2D eigenvalue weighted by Crippen LogP contribution is -2.43. The second-order valence-electron chi connectivity index (χ2n) is 7.23. The van der Waals surface area contributed by atoms with Crippen molar-refractivity contribution in [3.05, 3.63) is 0 Å². The molecule has 1 fully saturated rings. The summed E-state index contributed by atoms with van der Waals surface area (Å²) in [5, 5.41) is 9.63. The number of carboxylic acid groups (broad SMARTS) is 1. The van der Waals surface area contributed by atoms with Crippen molar-refractivity contribution < 1.29 is 9.90 Å². The van der Waals surface area contributed by atoms with Crippen molar-refractivity contribution in [3.63, 3.8) is 0 Å². The maximum Gasteiger partial charge on any atom is 0.310 e. The van der Waals surface area contributed by atoms with Crippen LogP contribution in [0.4, 0.5) is 0 Å². The third-order valence-corrected chi connectivity index (χ3v) is 3.83. The predicted octanol–water partition coefficient (Wildman–Crippen LogP) is 3.39. The number of nitrogens with zero attached hydrogens (tertiary/aromatic N) is 1. The first-order valence-corrected chi connectivity index (χ1v) is 7.17. The van der Waals surface area contributed by atoms with Crippen molar-refractivity contribution in [1.82, 2.24) is 4.90 Å². The van der Waals surface area contributed by atoms with Gasteiger partial charge in [0, 0.05) is 13.1 Å². The second kappa shape index (κ2) is 6.05. The molecular weight excluding hydrogens is 226 g/mol. The molecule has 0 unspecified atom stereocenters. The number of hydrogen-bond acceptors (Lipinski definition) is 2. The van der Waals surface area contributed by atoms with Crippen molar-refractivity contribution in [3.8, 4) is 0 Å². The Hall–Kier alpha value is -0.570. The summed E-state index contributed by atoms with van der Waals surface area (Å²) in [5.74, 6) is -0.592. The standard InChI is InChI=1S/C15H29NO2/c1-14(2,3)11-16(4)12-15(13(17)18)9-7-5-6-8-10-15/h5-12H2,1-4H3,(H,17,18). The first kappa shape index (κ1) is 15.5. The topological polar surface area (TPSA) is 40.5 Å². The average Bonchev–Trinajstić information content (AvgIpc) is 2.41. The predicted molar refractivity (Wildman–Crippen MR) is 74.7 cm³/mol. The molecule has 0 spiro atoms. The highest BCUT2D eigenvalue weighted by molar-refractivity contribution is 5.75. The van der Waals surface area contributed by atoms with E-state index in [4.69, 9.17) is 0 Å². The molecule has 0 bridgehead atoms. The Morgan fingerprint density at radius 3 is 2.06 bits per heavy atom. The second-order valence-corrected chi connectivity index (χ2v) is 7.23. The zero-order valence-corrected chi connectivity index (χ0v) is 12.5. The summed E-state index contributed by atoms with van der Waals surface area (Å²) < 4.78 is 0. The third kappa shape index (κ3) is 4.60. The van der Waals surface area contributed by atoms with Gasteiger partial charge in [0.1, 0.15) is 0 Å². The molecule has 0 aromatic rings. The van der Waals surface area contributed by atoms with Crippen LogP contribution in [0, 0.1) is 10.8 Å². The van der Waals surface area contributed by atoms with Gasteiger partial charge in [-0.2, -0.15) is 0 Å². The van der Waals surface area contributed by atoms with Gasteiger partial charge in [0.25, 0.3) is 0 Å². The molecular formula is C15H29NO2. The smallest absolute Gasteiger partial charge is 0.310 e. The molecule has 0 atom stereocenters. The molecule has 0 radical (unpaired) electrons. The molecule has 3 heteroatoms. The van der Waals surface area contributed by atoms with E-state index in [2.05, 4.69) is 32.7 Å². The van der Waals surface area contributed by atoms with Gasteiger partial charge in [0.15, 0.2) is 0 Å². The lowest BCUT2D eigenvalue weighted by atomic mass is 9.79. The van der Waals surface area contributed by atoms with E-state index in [1.54, 1.807) is 0 Å². The van der Waals surface area contributed by atoms with E-state index in [1.165, 1.54) is 12.8 Å². The molecule has 106 valence electrons. The summed E-state index contributed by atoms with van der Waals surface area (Å²) in [6.07, 6.45) is 6.20. The number of carboxylic acids is 1. The van der Waals surface area contributed by atoms with Gasteiger partial charge in [-0.1, -0.05) is 46.5 Å². The quantitative estimate of drug-likeness (QED) is 0.783. The minimum Gasteiger partial charge on any atom is -0.481 e. The first-order valence-electron chi connectivity index (χ1n) is 7.17. The molecule has 1 rings (SSSR count). The van der Waals surface area contributed by atoms with Gasteiger partial charge in [-0.15, -0.1) is 0 Å². The van der Waals surface area contributed by atoms with Crippen molar-refractivity contribution in [2.45, 2.75) is 59.3 Å². The molecule has 1 aliphatic carbocycles. The van der Waals surface area contributed by atoms with E-state index >= 15 is 0 Å². The Morgan fingerprint density at radius 1 is 1.17 bits per heavy atom. The lowest BCUT2D eigenvalue weighted by molar-refractivity contribution is -0.151. The summed E-state index contributed by atoms with van der Waals surface area (Å²) in [5.41, 5.74) is -0.282. The number of aliphatic carboxylic acids is 1. The van der Waals surface area contributed by atoms with Gasteiger partial charge in [0.05, 0.1) is 5.41 Å². The Morgan fingerprint density at radius 2 is 1.67 bits per heavy atom. The normalized spacial score (nSPS) is 20.7. The molecule has 1 N–H and O–H groups in total. The monoisotopic (exact) mass is 255 g/mol. The first-order chi connectivity index (χ1) is 8.25. The summed E-state index contributed by atoms with van der Waals surface area (Å²) in [7, 11) is 2.06. The van der Waals surface area contributed by atoms with Gasteiger partial charge in [0.2, 0.25) is 0 Å². The Labute approximate surface area is 112 Å². The molecule has 0 amide bonds. The Bertz CT molecular complexity index is 273. The number of rotatable bonds is 4. The van der Waals surface area contributed by atoms with Gasteiger partial charge in [-0.25, -0.2) is 0 Å². The van der Waals surface area contributed by atoms with E-state index in [1.807, 2.05) is 0 Å². The fraction of sp³-hybridized carbons (Fsp3) is 0.933. The molecule has 1 aliphatic rings. The Balaban J connectivity index is 2.70. The average molecular weight is 255 g/mol. The van der Waals surface area contributed by atoms with Gasteiger partial charge < -0.3 is 10.0 Å². The fourth-order valence-electron chi connectivity index (χ4n) is 3.23. The van der Waals surface area contributed by atoms with Crippen LogP contribution in [-0.2, 0) is 4.79 Å². The van der Waals surface area contributed by atoms with Crippen molar-refractivity contribution >= 4 is 5.97 Å². The molecule has 3 nitrogen and oxygen atoms in total. The van der Waals surface area contributed by atoms with Crippen LogP contribution in [0.25, 0.3) is 0 Å². The van der Waals surface area contributed by atoms with Crippen LogP contribution in [0.15, 0.2) is 0 Å². The number of carbonyl (C=O) groups is 1. The van der Waals surface area contributed by atoms with E-state index in [-0.39, 0.29) is 5.41 Å². The highest BCUT2D eigenvalue weighted by Crippen LogP contribution is 2.36. The molecule has 0 saturated heterocycles.